The highest BCUT2D eigenvalue weighted by atomic mass is 35.5. The second-order valence-electron chi connectivity index (χ2n) is 5.82. The second kappa shape index (κ2) is 5.92. The van der Waals surface area contributed by atoms with E-state index in [-0.39, 0.29) is 5.91 Å². The van der Waals surface area contributed by atoms with E-state index in [4.69, 9.17) is 11.6 Å². The van der Waals surface area contributed by atoms with E-state index >= 15 is 0 Å². The molecule has 2 aromatic rings. The van der Waals surface area contributed by atoms with Crippen molar-refractivity contribution in [1.82, 2.24) is 5.32 Å². The van der Waals surface area contributed by atoms with Crippen LogP contribution in [0.3, 0.4) is 0 Å². The Kier molecular flexibility index (Phi) is 4.07. The monoisotopic (exact) mass is 344 g/mol. The fraction of sp³-hybridized carbons (Fsp3) is 0.222. The number of nitrogens with one attached hydrogen (secondary N) is 1. The number of halogens is 1. The van der Waals surface area contributed by atoms with Crippen molar-refractivity contribution in [3.8, 4) is 0 Å². The van der Waals surface area contributed by atoms with Crippen molar-refractivity contribution in [1.29, 1.82) is 0 Å². The Morgan fingerprint density at radius 1 is 1.21 bits per heavy atom. The number of nitrogens with zero attached hydrogens (tertiary/aromatic N) is 1. The fourth-order valence-corrected chi connectivity index (χ4v) is 3.34. The lowest BCUT2D eigenvalue weighted by molar-refractivity contribution is -0.135. The molecule has 0 radical (unpaired) electrons. The zero-order valence-electron chi connectivity index (χ0n) is 13.3. The van der Waals surface area contributed by atoms with Crippen molar-refractivity contribution in [2.75, 3.05) is 11.9 Å². The third kappa shape index (κ3) is 2.37. The van der Waals surface area contributed by atoms with Crippen LogP contribution in [-0.4, -0.2) is 24.0 Å². The van der Waals surface area contributed by atoms with Crippen LogP contribution >= 0.6 is 11.6 Å². The highest BCUT2D eigenvalue weighted by molar-refractivity contribution is 6.30. The Labute approximate surface area is 144 Å². The number of para-hydroxylation sites is 1. The lowest BCUT2D eigenvalue weighted by atomic mass is 9.82. The van der Waals surface area contributed by atoms with Crippen molar-refractivity contribution < 1.29 is 14.7 Å². The number of carbonyl (C=O) groups excluding carboxylic acids is 2. The van der Waals surface area contributed by atoms with Crippen molar-refractivity contribution in [3.63, 3.8) is 0 Å². The first-order valence-corrected chi connectivity index (χ1v) is 7.85. The zero-order chi connectivity index (χ0) is 17.5. The second-order valence-corrected chi connectivity index (χ2v) is 6.26. The van der Waals surface area contributed by atoms with Gasteiger partial charge in [0.05, 0.1) is 0 Å². The summed E-state index contributed by atoms with van der Waals surface area (Å²) in [4.78, 5) is 26.3. The van der Waals surface area contributed by atoms with Gasteiger partial charge in [-0.1, -0.05) is 41.9 Å². The van der Waals surface area contributed by atoms with Gasteiger partial charge in [0.2, 0.25) is 5.91 Å². The van der Waals surface area contributed by atoms with Crippen LogP contribution in [0.5, 0.6) is 0 Å². The first-order valence-electron chi connectivity index (χ1n) is 7.48. The molecular formula is C18H17ClN2O3. The average Bonchev–Trinajstić information content (AvgIpc) is 2.78. The highest BCUT2D eigenvalue weighted by Crippen LogP contribution is 2.46. The molecule has 3 rings (SSSR count). The summed E-state index contributed by atoms with van der Waals surface area (Å²) in [5.41, 5.74) is 0.149. The van der Waals surface area contributed by atoms with Crippen LogP contribution in [0.4, 0.5) is 5.69 Å². The van der Waals surface area contributed by atoms with Crippen molar-refractivity contribution >= 4 is 29.1 Å². The van der Waals surface area contributed by atoms with Crippen molar-refractivity contribution in [2.24, 2.45) is 0 Å². The highest BCUT2D eigenvalue weighted by Gasteiger charge is 2.55. The average molecular weight is 345 g/mol. The molecule has 0 aromatic heterocycles. The summed E-state index contributed by atoms with van der Waals surface area (Å²) in [6.45, 7) is 1.32. The van der Waals surface area contributed by atoms with Crippen LogP contribution in [0.2, 0.25) is 5.02 Å². The van der Waals surface area contributed by atoms with E-state index in [1.165, 1.54) is 11.8 Å². The number of anilines is 1. The SMILES string of the molecule is CC(=O)NC1(C(O)c2ccc(Cl)cc2)C(=O)N(C)c2ccccc21. The summed E-state index contributed by atoms with van der Waals surface area (Å²) >= 11 is 5.90. The molecule has 0 saturated carbocycles. The van der Waals surface area contributed by atoms with Gasteiger partial charge in [-0.3, -0.25) is 9.59 Å². The van der Waals surface area contributed by atoms with Gasteiger partial charge in [0, 0.05) is 30.2 Å². The molecule has 2 atom stereocenters. The minimum absolute atomic E-state index is 0.388. The summed E-state index contributed by atoms with van der Waals surface area (Å²) in [6, 6.07) is 13.7. The molecule has 0 saturated heterocycles. The van der Waals surface area contributed by atoms with Gasteiger partial charge in [-0.2, -0.15) is 0 Å². The Bertz CT molecular complexity index is 806. The molecule has 5 nitrogen and oxygen atoms in total. The van der Waals surface area contributed by atoms with Crippen molar-refractivity contribution in [3.05, 3.63) is 64.7 Å². The number of amides is 2. The minimum Gasteiger partial charge on any atom is -0.385 e. The Balaban J connectivity index is 2.20. The summed E-state index contributed by atoms with van der Waals surface area (Å²) in [7, 11) is 1.62. The van der Waals surface area contributed by atoms with Gasteiger partial charge in [0.1, 0.15) is 6.10 Å². The molecule has 6 heteroatoms. The Hall–Kier alpha value is -2.37. The number of benzene rings is 2. The third-order valence-electron chi connectivity index (χ3n) is 4.30. The largest absolute Gasteiger partial charge is 0.385 e. The van der Waals surface area contributed by atoms with E-state index < -0.39 is 17.6 Å². The lowest BCUT2D eigenvalue weighted by Gasteiger charge is -2.34. The molecule has 2 aromatic carbocycles. The zero-order valence-corrected chi connectivity index (χ0v) is 14.0. The topological polar surface area (TPSA) is 69.6 Å². The smallest absolute Gasteiger partial charge is 0.260 e. The standard InChI is InChI=1S/C18H17ClN2O3/c1-11(22)20-18(16(23)12-7-9-13(19)10-8-12)14-5-3-4-6-15(14)21(2)17(18)24/h3-10,16,23H,1-2H3,(H,20,22). The molecule has 2 unspecified atom stereocenters. The summed E-state index contributed by atoms with van der Waals surface area (Å²) < 4.78 is 0. The molecule has 24 heavy (non-hydrogen) atoms. The van der Waals surface area contributed by atoms with E-state index in [1.807, 2.05) is 0 Å². The normalized spacial score (nSPS) is 20.7. The number of aliphatic hydroxyl groups excluding tert-OH is 1. The maximum absolute atomic E-state index is 13.0. The molecular weight excluding hydrogens is 328 g/mol. The van der Waals surface area contributed by atoms with E-state index in [2.05, 4.69) is 5.32 Å². The summed E-state index contributed by atoms with van der Waals surface area (Å²) in [6.07, 6.45) is -1.25. The summed E-state index contributed by atoms with van der Waals surface area (Å²) in [5.74, 6) is -0.789. The van der Waals surface area contributed by atoms with Crippen LogP contribution < -0.4 is 10.2 Å². The molecule has 2 amide bonds. The molecule has 1 heterocycles. The lowest BCUT2D eigenvalue weighted by Crippen LogP contribution is -2.55. The molecule has 1 aliphatic heterocycles. The van der Waals surface area contributed by atoms with E-state index in [0.717, 1.165) is 0 Å². The number of hydrogen-bond donors (Lipinski definition) is 2. The van der Waals surface area contributed by atoms with Gasteiger partial charge in [0.25, 0.3) is 5.91 Å². The molecule has 124 valence electrons. The van der Waals surface area contributed by atoms with Crippen LogP contribution in [0.15, 0.2) is 48.5 Å². The van der Waals surface area contributed by atoms with Crippen LogP contribution in [0.25, 0.3) is 0 Å². The number of carbonyl (C=O) groups is 2. The van der Waals surface area contributed by atoms with Gasteiger partial charge in [-0.25, -0.2) is 0 Å². The van der Waals surface area contributed by atoms with Gasteiger partial charge in [-0.15, -0.1) is 0 Å². The molecule has 0 aliphatic carbocycles. The number of hydrogen-bond acceptors (Lipinski definition) is 3. The van der Waals surface area contributed by atoms with Crippen LogP contribution in [0, 0.1) is 0 Å². The fourth-order valence-electron chi connectivity index (χ4n) is 3.21. The first kappa shape index (κ1) is 16.5. The maximum Gasteiger partial charge on any atom is 0.260 e. The quantitative estimate of drug-likeness (QED) is 0.898. The number of likely N-dealkylation sites (N-methyl/N-ethyl adjacent to an activating group) is 1. The summed E-state index contributed by atoms with van der Waals surface area (Å²) in [5, 5.41) is 14.3. The predicted molar refractivity (Wildman–Crippen MR) is 91.8 cm³/mol. The van der Waals surface area contributed by atoms with Crippen LogP contribution in [-0.2, 0) is 15.1 Å². The Morgan fingerprint density at radius 3 is 2.46 bits per heavy atom. The maximum atomic E-state index is 13.0. The third-order valence-corrected chi connectivity index (χ3v) is 4.55. The van der Waals surface area contributed by atoms with E-state index in [0.29, 0.717) is 21.8 Å². The number of aliphatic hydroxyl groups is 1. The first-order chi connectivity index (χ1) is 11.4. The van der Waals surface area contributed by atoms with E-state index in [9.17, 15) is 14.7 Å². The van der Waals surface area contributed by atoms with Gasteiger partial charge in [0.15, 0.2) is 5.54 Å². The van der Waals surface area contributed by atoms with Gasteiger partial charge < -0.3 is 15.3 Å². The predicted octanol–water partition coefficient (Wildman–Crippen LogP) is 2.38. The van der Waals surface area contributed by atoms with Crippen LogP contribution in [0.1, 0.15) is 24.2 Å². The van der Waals surface area contributed by atoms with Crippen molar-refractivity contribution in [2.45, 2.75) is 18.6 Å². The molecule has 0 bridgehead atoms. The molecule has 0 spiro atoms. The number of fused-ring (bicyclic) bond motifs is 1. The molecule has 2 N–H and O–H groups in total. The minimum atomic E-state index is -1.56. The number of rotatable bonds is 3. The van der Waals surface area contributed by atoms with Gasteiger partial charge >= 0.3 is 0 Å². The molecule has 1 aliphatic rings. The molecule has 0 fully saturated rings. The Morgan fingerprint density at radius 2 is 1.83 bits per heavy atom. The van der Waals surface area contributed by atoms with Gasteiger partial charge in [-0.05, 0) is 23.8 Å². The van der Waals surface area contributed by atoms with E-state index in [1.54, 1.807) is 55.6 Å².